The van der Waals surface area contributed by atoms with Gasteiger partial charge in [0.2, 0.25) is 0 Å². The molecule has 5 nitrogen and oxygen atoms in total. The Bertz CT molecular complexity index is 730. The second-order valence-electron chi connectivity index (χ2n) is 5.24. The lowest BCUT2D eigenvalue weighted by Gasteiger charge is -2.08. The first-order valence-corrected chi connectivity index (χ1v) is 7.84. The number of benzene rings is 2. The topological polar surface area (TPSA) is 67.4 Å². The summed E-state index contributed by atoms with van der Waals surface area (Å²) in [5.74, 6) is -0.467. The standard InChI is InChI=1S/C18H19ClN2O3/c1-12-3-8-15(11-16(12)19)21-18(23)14-6-4-13(5-7-14)17(22)20-9-10-24-2/h3-8,11H,9-10H2,1-2H3,(H,20,22)(H,21,23). The van der Waals surface area contributed by atoms with Crippen LogP contribution in [0.1, 0.15) is 26.3 Å². The van der Waals surface area contributed by atoms with Crippen LogP contribution in [0.3, 0.4) is 0 Å². The van der Waals surface area contributed by atoms with Crippen molar-refractivity contribution in [2.24, 2.45) is 0 Å². The molecule has 24 heavy (non-hydrogen) atoms. The van der Waals surface area contributed by atoms with E-state index in [4.69, 9.17) is 16.3 Å². The number of amides is 2. The summed E-state index contributed by atoms with van der Waals surface area (Å²) in [6.45, 7) is 2.78. The Labute approximate surface area is 146 Å². The minimum absolute atomic E-state index is 0.204. The van der Waals surface area contributed by atoms with E-state index in [1.165, 1.54) is 0 Å². The fourth-order valence-electron chi connectivity index (χ4n) is 2.02. The zero-order valence-corrected chi connectivity index (χ0v) is 14.3. The number of carbonyl (C=O) groups excluding carboxylic acids is 2. The van der Waals surface area contributed by atoms with Gasteiger partial charge in [0, 0.05) is 35.5 Å². The van der Waals surface area contributed by atoms with Gasteiger partial charge in [-0.1, -0.05) is 17.7 Å². The fraction of sp³-hybridized carbons (Fsp3) is 0.222. The molecule has 0 fully saturated rings. The maximum absolute atomic E-state index is 12.2. The van der Waals surface area contributed by atoms with E-state index >= 15 is 0 Å². The van der Waals surface area contributed by atoms with E-state index in [0.29, 0.717) is 35.0 Å². The fourth-order valence-corrected chi connectivity index (χ4v) is 2.20. The number of hydrogen-bond donors (Lipinski definition) is 2. The van der Waals surface area contributed by atoms with Crippen molar-refractivity contribution in [3.8, 4) is 0 Å². The summed E-state index contributed by atoms with van der Waals surface area (Å²) in [7, 11) is 1.57. The van der Waals surface area contributed by atoms with Crippen LogP contribution in [0.5, 0.6) is 0 Å². The first-order chi connectivity index (χ1) is 11.5. The minimum Gasteiger partial charge on any atom is -0.383 e. The quantitative estimate of drug-likeness (QED) is 0.789. The minimum atomic E-state index is -0.263. The molecule has 2 aromatic carbocycles. The Morgan fingerprint density at radius 3 is 2.25 bits per heavy atom. The summed E-state index contributed by atoms with van der Waals surface area (Å²) in [5.41, 5.74) is 2.51. The lowest BCUT2D eigenvalue weighted by Crippen LogP contribution is -2.26. The molecule has 0 aliphatic heterocycles. The number of anilines is 1. The summed E-state index contributed by atoms with van der Waals surface area (Å²) in [6, 6.07) is 11.8. The van der Waals surface area contributed by atoms with Crippen molar-refractivity contribution in [2.45, 2.75) is 6.92 Å². The van der Waals surface area contributed by atoms with Crippen molar-refractivity contribution in [3.63, 3.8) is 0 Å². The summed E-state index contributed by atoms with van der Waals surface area (Å²) >= 11 is 6.05. The van der Waals surface area contributed by atoms with Crippen LogP contribution in [0.15, 0.2) is 42.5 Å². The first kappa shape index (κ1) is 18.0. The van der Waals surface area contributed by atoms with Crippen LogP contribution in [-0.4, -0.2) is 32.1 Å². The predicted molar refractivity (Wildman–Crippen MR) is 94.8 cm³/mol. The van der Waals surface area contributed by atoms with Crippen LogP contribution >= 0.6 is 11.6 Å². The van der Waals surface area contributed by atoms with E-state index in [2.05, 4.69) is 10.6 Å². The molecule has 126 valence electrons. The van der Waals surface area contributed by atoms with Crippen LogP contribution < -0.4 is 10.6 Å². The van der Waals surface area contributed by atoms with Crippen molar-refractivity contribution in [1.29, 1.82) is 0 Å². The summed E-state index contributed by atoms with van der Waals surface area (Å²) in [6.07, 6.45) is 0. The largest absolute Gasteiger partial charge is 0.383 e. The van der Waals surface area contributed by atoms with Gasteiger partial charge in [-0.15, -0.1) is 0 Å². The highest BCUT2D eigenvalue weighted by Gasteiger charge is 2.09. The average molecular weight is 347 g/mol. The zero-order chi connectivity index (χ0) is 17.5. The Morgan fingerprint density at radius 1 is 1.04 bits per heavy atom. The third-order valence-corrected chi connectivity index (χ3v) is 3.84. The molecular weight excluding hydrogens is 328 g/mol. The highest BCUT2D eigenvalue weighted by atomic mass is 35.5. The number of carbonyl (C=O) groups is 2. The van der Waals surface area contributed by atoms with Crippen LogP contribution in [0.4, 0.5) is 5.69 Å². The molecule has 0 bridgehead atoms. The van der Waals surface area contributed by atoms with Gasteiger partial charge >= 0.3 is 0 Å². The van der Waals surface area contributed by atoms with Crippen molar-refractivity contribution >= 4 is 29.1 Å². The first-order valence-electron chi connectivity index (χ1n) is 7.46. The third-order valence-electron chi connectivity index (χ3n) is 3.43. The molecule has 0 radical (unpaired) electrons. The molecule has 2 rings (SSSR count). The van der Waals surface area contributed by atoms with E-state index in [9.17, 15) is 9.59 Å². The number of hydrogen-bond acceptors (Lipinski definition) is 3. The number of aryl methyl sites for hydroxylation is 1. The molecule has 0 atom stereocenters. The van der Waals surface area contributed by atoms with Gasteiger partial charge in [-0.05, 0) is 48.9 Å². The molecule has 0 aliphatic rings. The zero-order valence-electron chi connectivity index (χ0n) is 13.6. The van der Waals surface area contributed by atoms with Gasteiger partial charge in [0.15, 0.2) is 0 Å². The van der Waals surface area contributed by atoms with Crippen LogP contribution in [0.25, 0.3) is 0 Å². The van der Waals surface area contributed by atoms with Gasteiger partial charge in [-0.2, -0.15) is 0 Å². The highest BCUT2D eigenvalue weighted by molar-refractivity contribution is 6.31. The summed E-state index contributed by atoms with van der Waals surface area (Å²) < 4.78 is 4.87. The van der Waals surface area contributed by atoms with E-state index in [1.807, 2.05) is 13.0 Å². The second-order valence-corrected chi connectivity index (χ2v) is 5.65. The van der Waals surface area contributed by atoms with Gasteiger partial charge in [-0.25, -0.2) is 0 Å². The van der Waals surface area contributed by atoms with E-state index < -0.39 is 0 Å². The number of nitrogens with one attached hydrogen (secondary N) is 2. The molecule has 6 heteroatoms. The van der Waals surface area contributed by atoms with Gasteiger partial charge in [0.1, 0.15) is 0 Å². The number of rotatable bonds is 6. The number of ether oxygens (including phenoxy) is 1. The smallest absolute Gasteiger partial charge is 0.255 e. The normalized spacial score (nSPS) is 10.3. The van der Waals surface area contributed by atoms with Gasteiger partial charge in [0.05, 0.1) is 6.61 Å². The molecule has 0 spiro atoms. The van der Waals surface area contributed by atoms with Gasteiger partial charge < -0.3 is 15.4 Å². The molecule has 0 aromatic heterocycles. The maximum Gasteiger partial charge on any atom is 0.255 e. The molecule has 0 heterocycles. The van der Waals surface area contributed by atoms with Crippen molar-refractivity contribution in [2.75, 3.05) is 25.6 Å². The third kappa shape index (κ3) is 4.81. The lowest BCUT2D eigenvalue weighted by molar-refractivity contribution is 0.0935. The monoisotopic (exact) mass is 346 g/mol. The molecule has 2 aromatic rings. The molecule has 2 amide bonds. The molecule has 0 saturated carbocycles. The van der Waals surface area contributed by atoms with E-state index in [0.717, 1.165) is 5.56 Å². The Hall–Kier alpha value is -2.37. The summed E-state index contributed by atoms with van der Waals surface area (Å²) in [5, 5.41) is 6.09. The molecule has 0 unspecified atom stereocenters. The highest BCUT2D eigenvalue weighted by Crippen LogP contribution is 2.20. The van der Waals surface area contributed by atoms with Gasteiger partial charge in [-0.3, -0.25) is 9.59 Å². The molecular formula is C18H19ClN2O3. The second kappa shape index (κ2) is 8.47. The average Bonchev–Trinajstić information content (AvgIpc) is 2.58. The van der Waals surface area contributed by atoms with E-state index in [1.54, 1.807) is 43.5 Å². The van der Waals surface area contributed by atoms with Crippen LogP contribution in [0, 0.1) is 6.92 Å². The Balaban J connectivity index is 2.00. The van der Waals surface area contributed by atoms with Crippen molar-refractivity contribution in [3.05, 3.63) is 64.2 Å². The predicted octanol–water partition coefficient (Wildman–Crippen LogP) is 3.28. The van der Waals surface area contributed by atoms with Crippen LogP contribution in [0.2, 0.25) is 5.02 Å². The Kier molecular flexibility index (Phi) is 6.35. The Morgan fingerprint density at radius 2 is 1.67 bits per heavy atom. The van der Waals surface area contributed by atoms with Crippen molar-refractivity contribution in [1.82, 2.24) is 5.32 Å². The van der Waals surface area contributed by atoms with Crippen molar-refractivity contribution < 1.29 is 14.3 Å². The number of methoxy groups -OCH3 is 1. The lowest BCUT2D eigenvalue weighted by atomic mass is 10.1. The van der Waals surface area contributed by atoms with Crippen LogP contribution in [-0.2, 0) is 4.74 Å². The van der Waals surface area contributed by atoms with E-state index in [-0.39, 0.29) is 11.8 Å². The summed E-state index contributed by atoms with van der Waals surface area (Å²) in [4.78, 5) is 24.1. The molecule has 0 aliphatic carbocycles. The molecule has 2 N–H and O–H groups in total. The van der Waals surface area contributed by atoms with Gasteiger partial charge in [0.25, 0.3) is 11.8 Å². The maximum atomic E-state index is 12.2. The number of halogens is 1. The molecule has 0 saturated heterocycles. The SMILES string of the molecule is COCCNC(=O)c1ccc(C(=O)Nc2ccc(C)c(Cl)c2)cc1.